The van der Waals surface area contributed by atoms with Crippen LogP contribution >= 0.6 is 22.9 Å². The van der Waals surface area contributed by atoms with Crippen LogP contribution in [0, 0.1) is 18.3 Å². The number of hydrogen-bond acceptors (Lipinski definition) is 4. The summed E-state index contributed by atoms with van der Waals surface area (Å²) in [5, 5.41) is 11.8. The van der Waals surface area contributed by atoms with E-state index in [2.05, 4.69) is 5.32 Å². The second kappa shape index (κ2) is 5.10. The zero-order chi connectivity index (χ0) is 12.3. The molecule has 1 aromatic rings. The number of carbonyl (C=O) groups is 2. The average Bonchev–Trinajstić information content (AvgIpc) is 2.55. The highest BCUT2D eigenvalue weighted by Gasteiger charge is 2.18. The number of rotatable bonds is 3. The first-order valence-electron chi connectivity index (χ1n) is 4.41. The second-order valence-electron chi connectivity index (χ2n) is 3.11. The van der Waals surface area contributed by atoms with E-state index < -0.39 is 5.91 Å². The minimum atomic E-state index is -0.394. The lowest BCUT2D eigenvalue weighted by Crippen LogP contribution is -2.12. The van der Waals surface area contributed by atoms with Crippen LogP contribution in [-0.2, 0) is 4.79 Å². The van der Waals surface area contributed by atoms with E-state index in [-0.39, 0.29) is 11.7 Å². The number of carbonyl (C=O) groups excluding carboxylic acids is 2. The summed E-state index contributed by atoms with van der Waals surface area (Å²) in [6.45, 7) is 3.11. The lowest BCUT2D eigenvalue weighted by atomic mass is 10.1. The molecule has 0 bridgehead atoms. The summed E-state index contributed by atoms with van der Waals surface area (Å²) in [6.07, 6.45) is 0. The van der Waals surface area contributed by atoms with Crippen LogP contribution in [0.1, 0.15) is 27.7 Å². The number of nitrogens with one attached hydrogen (secondary N) is 1. The first-order valence-corrected chi connectivity index (χ1v) is 5.76. The van der Waals surface area contributed by atoms with E-state index in [1.807, 2.05) is 6.07 Å². The van der Waals surface area contributed by atoms with Crippen molar-refractivity contribution in [3.63, 3.8) is 0 Å². The SMILES string of the molecule is CC(=O)c1sc(NC(=O)CCl)c(C#N)c1C. The highest BCUT2D eigenvalue weighted by Crippen LogP contribution is 2.32. The van der Waals surface area contributed by atoms with Crippen molar-refractivity contribution in [2.75, 3.05) is 11.2 Å². The van der Waals surface area contributed by atoms with Crippen LogP contribution in [0.5, 0.6) is 0 Å². The van der Waals surface area contributed by atoms with E-state index >= 15 is 0 Å². The molecule has 1 amide bonds. The van der Waals surface area contributed by atoms with Crippen molar-refractivity contribution in [3.05, 3.63) is 16.0 Å². The van der Waals surface area contributed by atoms with Crippen molar-refractivity contribution in [2.24, 2.45) is 0 Å². The van der Waals surface area contributed by atoms with Gasteiger partial charge in [-0.1, -0.05) is 0 Å². The van der Waals surface area contributed by atoms with Gasteiger partial charge in [0, 0.05) is 0 Å². The molecule has 0 fully saturated rings. The number of Topliss-reactive ketones (excluding diaryl/α,β-unsaturated/α-hetero) is 1. The third-order valence-corrected chi connectivity index (χ3v) is 3.50. The highest BCUT2D eigenvalue weighted by atomic mass is 35.5. The van der Waals surface area contributed by atoms with E-state index in [1.165, 1.54) is 6.92 Å². The summed E-state index contributed by atoms with van der Waals surface area (Å²) in [5.74, 6) is -0.697. The van der Waals surface area contributed by atoms with Gasteiger partial charge < -0.3 is 5.32 Å². The van der Waals surface area contributed by atoms with E-state index in [9.17, 15) is 9.59 Å². The van der Waals surface area contributed by atoms with Gasteiger partial charge in [0.25, 0.3) is 0 Å². The molecular weight excluding hydrogens is 248 g/mol. The Labute approximate surface area is 102 Å². The molecule has 0 radical (unpaired) electrons. The lowest BCUT2D eigenvalue weighted by Gasteiger charge is -1.98. The van der Waals surface area contributed by atoms with Gasteiger partial charge in [-0.25, -0.2) is 0 Å². The van der Waals surface area contributed by atoms with E-state index in [0.29, 0.717) is 21.0 Å². The van der Waals surface area contributed by atoms with Gasteiger partial charge in [0.05, 0.1) is 10.4 Å². The van der Waals surface area contributed by atoms with Gasteiger partial charge in [0.1, 0.15) is 17.0 Å². The fraction of sp³-hybridized carbons (Fsp3) is 0.300. The van der Waals surface area contributed by atoms with E-state index in [1.54, 1.807) is 6.92 Å². The maximum atomic E-state index is 11.3. The number of alkyl halides is 1. The molecule has 0 aromatic carbocycles. The van der Waals surface area contributed by atoms with Crippen LogP contribution in [0.3, 0.4) is 0 Å². The molecule has 84 valence electrons. The predicted molar refractivity (Wildman–Crippen MR) is 63.1 cm³/mol. The minimum absolute atomic E-state index is 0.120. The third kappa shape index (κ3) is 2.40. The maximum Gasteiger partial charge on any atom is 0.239 e. The van der Waals surface area contributed by atoms with Crippen LogP contribution in [0.2, 0.25) is 0 Å². The monoisotopic (exact) mass is 256 g/mol. The largest absolute Gasteiger partial charge is 0.316 e. The lowest BCUT2D eigenvalue weighted by molar-refractivity contribution is -0.113. The standard InChI is InChI=1S/C10H9ClN2O2S/c1-5-7(4-12)10(13-8(15)3-11)16-9(5)6(2)14/h3H2,1-2H3,(H,13,15). The molecule has 0 saturated heterocycles. The van der Waals surface area contributed by atoms with Crippen LogP contribution in [-0.4, -0.2) is 17.6 Å². The molecule has 1 rings (SSSR count). The van der Waals surface area contributed by atoms with Crippen LogP contribution in [0.25, 0.3) is 0 Å². The average molecular weight is 257 g/mol. The maximum absolute atomic E-state index is 11.3. The molecule has 1 aromatic heterocycles. The first kappa shape index (κ1) is 12.7. The Balaban J connectivity index is 3.20. The number of nitrogens with zero attached hydrogens (tertiary/aromatic N) is 1. The van der Waals surface area contributed by atoms with E-state index in [0.717, 1.165) is 11.3 Å². The fourth-order valence-electron chi connectivity index (χ4n) is 1.23. The molecule has 1 N–H and O–H groups in total. The van der Waals surface area contributed by atoms with Gasteiger partial charge in [-0.15, -0.1) is 22.9 Å². The van der Waals surface area contributed by atoms with Crippen molar-refractivity contribution in [3.8, 4) is 6.07 Å². The first-order chi connectivity index (χ1) is 7.51. The molecule has 16 heavy (non-hydrogen) atoms. The molecule has 4 nitrogen and oxygen atoms in total. The summed E-state index contributed by atoms with van der Waals surface area (Å²) in [5.41, 5.74) is 0.929. The summed E-state index contributed by atoms with van der Waals surface area (Å²) < 4.78 is 0. The third-order valence-electron chi connectivity index (χ3n) is 1.95. The Morgan fingerprint density at radius 1 is 1.56 bits per heavy atom. The Hall–Kier alpha value is -1.38. The highest BCUT2D eigenvalue weighted by molar-refractivity contribution is 7.18. The fourth-order valence-corrected chi connectivity index (χ4v) is 2.37. The van der Waals surface area contributed by atoms with Gasteiger partial charge in [0.15, 0.2) is 5.78 Å². The number of amides is 1. The van der Waals surface area contributed by atoms with Gasteiger partial charge in [-0.3, -0.25) is 9.59 Å². The number of ketones is 1. The molecular formula is C10H9ClN2O2S. The van der Waals surface area contributed by atoms with Crippen molar-refractivity contribution in [2.45, 2.75) is 13.8 Å². The summed E-state index contributed by atoms with van der Waals surface area (Å²) >= 11 is 6.45. The van der Waals surface area contributed by atoms with Gasteiger partial charge >= 0.3 is 0 Å². The van der Waals surface area contributed by atoms with Crippen molar-refractivity contribution in [1.82, 2.24) is 0 Å². The smallest absolute Gasteiger partial charge is 0.239 e. The van der Waals surface area contributed by atoms with Crippen molar-refractivity contribution < 1.29 is 9.59 Å². The molecule has 0 atom stereocenters. The van der Waals surface area contributed by atoms with Gasteiger partial charge in [-0.05, 0) is 19.4 Å². The van der Waals surface area contributed by atoms with Gasteiger partial charge in [0.2, 0.25) is 5.91 Å². The van der Waals surface area contributed by atoms with Gasteiger partial charge in [-0.2, -0.15) is 5.26 Å². The predicted octanol–water partition coefficient (Wildman–Crippen LogP) is 2.31. The molecule has 1 heterocycles. The Morgan fingerprint density at radius 2 is 2.19 bits per heavy atom. The van der Waals surface area contributed by atoms with Crippen LogP contribution in [0.4, 0.5) is 5.00 Å². The van der Waals surface area contributed by atoms with Crippen LogP contribution < -0.4 is 5.32 Å². The number of thiophene rings is 1. The molecule has 0 saturated carbocycles. The normalized spacial score (nSPS) is 9.62. The quantitative estimate of drug-likeness (QED) is 0.666. The molecule has 0 aliphatic carbocycles. The summed E-state index contributed by atoms with van der Waals surface area (Å²) in [4.78, 5) is 22.9. The van der Waals surface area contributed by atoms with Crippen molar-refractivity contribution in [1.29, 1.82) is 5.26 Å². The number of nitriles is 1. The number of anilines is 1. The molecule has 0 spiro atoms. The number of hydrogen-bond donors (Lipinski definition) is 1. The summed E-state index contributed by atoms with van der Waals surface area (Å²) in [7, 11) is 0. The van der Waals surface area contributed by atoms with Crippen LogP contribution in [0.15, 0.2) is 0 Å². The zero-order valence-electron chi connectivity index (χ0n) is 8.76. The zero-order valence-corrected chi connectivity index (χ0v) is 10.3. The van der Waals surface area contributed by atoms with E-state index in [4.69, 9.17) is 16.9 Å². The molecule has 6 heteroatoms. The topological polar surface area (TPSA) is 70.0 Å². The van der Waals surface area contributed by atoms with Crippen molar-refractivity contribution >= 4 is 39.6 Å². The number of halogens is 1. The molecule has 0 unspecified atom stereocenters. The second-order valence-corrected chi connectivity index (χ2v) is 4.40. The molecule has 0 aliphatic heterocycles. The Morgan fingerprint density at radius 3 is 2.62 bits per heavy atom. The minimum Gasteiger partial charge on any atom is -0.316 e. The molecule has 0 aliphatic rings. The summed E-state index contributed by atoms with van der Waals surface area (Å²) in [6, 6.07) is 1.97. The Bertz CT molecular complexity index is 488. The Kier molecular flexibility index (Phi) is 4.05.